The van der Waals surface area contributed by atoms with Crippen molar-refractivity contribution < 1.29 is 10.4 Å². The van der Waals surface area contributed by atoms with Gasteiger partial charge in [-0.2, -0.15) is 4.73 Å². The van der Waals surface area contributed by atoms with Crippen LogP contribution in [-0.4, -0.2) is 25.8 Å². The predicted molar refractivity (Wildman–Crippen MR) is 98.0 cm³/mol. The lowest BCUT2D eigenvalue weighted by atomic mass is 9.74. The summed E-state index contributed by atoms with van der Waals surface area (Å²) >= 11 is 0. The molecule has 1 aromatic rings. The summed E-state index contributed by atoms with van der Waals surface area (Å²) in [5, 5.41) is 25.3. The van der Waals surface area contributed by atoms with Crippen LogP contribution in [0.5, 0.6) is 0 Å². The Hall–Kier alpha value is -2.56. The van der Waals surface area contributed by atoms with Crippen molar-refractivity contribution in [1.29, 1.82) is 0 Å². The molecule has 0 saturated heterocycles. The predicted octanol–water partition coefficient (Wildman–Crippen LogP) is 4.48. The van der Waals surface area contributed by atoms with Gasteiger partial charge >= 0.3 is 0 Å². The van der Waals surface area contributed by atoms with Gasteiger partial charge in [0.1, 0.15) is 0 Å². The third-order valence-electron chi connectivity index (χ3n) is 5.16. The van der Waals surface area contributed by atoms with Crippen molar-refractivity contribution in [3.63, 3.8) is 0 Å². The van der Waals surface area contributed by atoms with Crippen LogP contribution in [0.4, 0.5) is 0 Å². The quantitative estimate of drug-likeness (QED) is 0.411. The standard InChI is InChI=1S/C20H23N3O2/c1-4-7-15-17-12-8-5-6-9-13(12)21-19(17)18-14(22-24)10-20(2,3)11-16(18)23(15)25/h5-6,8-9,24-25H,4,7,10-11H2,1-3H3. The Morgan fingerprint density at radius 2 is 1.96 bits per heavy atom. The van der Waals surface area contributed by atoms with E-state index in [1.807, 2.05) is 24.3 Å². The van der Waals surface area contributed by atoms with Gasteiger partial charge in [-0.3, -0.25) is 0 Å². The second kappa shape index (κ2) is 5.48. The first kappa shape index (κ1) is 15.9. The summed E-state index contributed by atoms with van der Waals surface area (Å²) in [5.41, 5.74) is 5.71. The zero-order valence-electron chi connectivity index (χ0n) is 14.9. The molecule has 0 spiro atoms. The van der Waals surface area contributed by atoms with Crippen molar-refractivity contribution in [2.45, 2.75) is 46.5 Å². The number of hydrogen-bond donors (Lipinski definition) is 2. The molecule has 0 atom stereocenters. The smallest absolute Gasteiger partial charge is 0.0914 e. The van der Waals surface area contributed by atoms with Crippen molar-refractivity contribution >= 4 is 16.6 Å². The molecule has 0 unspecified atom stereocenters. The fraction of sp³-hybridized carbons (Fsp3) is 0.400. The fourth-order valence-corrected chi connectivity index (χ4v) is 4.15. The van der Waals surface area contributed by atoms with E-state index in [9.17, 15) is 10.4 Å². The van der Waals surface area contributed by atoms with Gasteiger partial charge in [-0.1, -0.05) is 50.5 Å². The highest BCUT2D eigenvalue weighted by atomic mass is 16.5. The molecule has 0 fully saturated rings. The minimum Gasteiger partial charge on any atom is -0.428 e. The van der Waals surface area contributed by atoms with Crippen LogP contribution in [-0.2, 0) is 12.8 Å². The van der Waals surface area contributed by atoms with Gasteiger partial charge in [0.05, 0.1) is 28.3 Å². The van der Waals surface area contributed by atoms with Gasteiger partial charge in [0, 0.05) is 16.5 Å². The average Bonchev–Trinajstić information content (AvgIpc) is 2.96. The molecule has 5 heteroatoms. The number of pyridine rings is 1. The van der Waals surface area contributed by atoms with Crippen LogP contribution < -0.4 is 0 Å². The summed E-state index contributed by atoms with van der Waals surface area (Å²) in [6.07, 6.45) is 3.07. The molecular weight excluding hydrogens is 314 g/mol. The highest BCUT2D eigenvalue weighted by Gasteiger charge is 2.37. The lowest BCUT2D eigenvalue weighted by Crippen LogP contribution is -2.32. The Morgan fingerprint density at radius 3 is 2.68 bits per heavy atom. The average molecular weight is 337 g/mol. The summed E-state index contributed by atoms with van der Waals surface area (Å²) in [6, 6.07) is 7.99. The Balaban J connectivity index is 2.17. The third-order valence-corrected chi connectivity index (χ3v) is 5.16. The van der Waals surface area contributed by atoms with E-state index in [1.165, 1.54) is 4.73 Å². The van der Waals surface area contributed by atoms with Crippen LogP contribution in [0.15, 0.2) is 29.4 Å². The van der Waals surface area contributed by atoms with Gasteiger partial charge < -0.3 is 10.4 Å². The molecule has 2 aliphatic heterocycles. The lowest BCUT2D eigenvalue weighted by Gasteiger charge is -2.34. The number of benzene rings is 1. The van der Waals surface area contributed by atoms with E-state index in [1.54, 1.807) is 0 Å². The summed E-state index contributed by atoms with van der Waals surface area (Å²) < 4.78 is 1.33. The number of para-hydroxylation sites is 1. The van der Waals surface area contributed by atoms with E-state index in [0.29, 0.717) is 18.6 Å². The number of aromatic nitrogens is 2. The minimum atomic E-state index is -0.0811. The molecule has 0 aromatic heterocycles. The number of hydrogen-bond acceptors (Lipinski definition) is 4. The van der Waals surface area contributed by atoms with Gasteiger partial charge in [0.15, 0.2) is 0 Å². The second-order valence-electron chi connectivity index (χ2n) is 7.75. The number of rotatable bonds is 2. The fourth-order valence-electron chi connectivity index (χ4n) is 4.15. The van der Waals surface area contributed by atoms with Gasteiger partial charge in [0.2, 0.25) is 0 Å². The molecule has 1 aliphatic carbocycles. The Kier molecular flexibility index (Phi) is 3.49. The van der Waals surface area contributed by atoms with Gasteiger partial charge in [-0.25, -0.2) is 4.98 Å². The topological polar surface area (TPSA) is 70.6 Å². The normalized spacial score (nSPS) is 18.1. The van der Waals surface area contributed by atoms with Crippen LogP contribution in [0.2, 0.25) is 0 Å². The zero-order valence-corrected chi connectivity index (χ0v) is 14.9. The van der Waals surface area contributed by atoms with Crippen LogP contribution in [0, 0.1) is 5.41 Å². The molecule has 0 saturated carbocycles. The van der Waals surface area contributed by atoms with Crippen molar-refractivity contribution in [1.82, 2.24) is 9.71 Å². The van der Waals surface area contributed by atoms with E-state index in [0.717, 1.165) is 52.0 Å². The minimum absolute atomic E-state index is 0.0811. The molecule has 2 N–H and O–H groups in total. The van der Waals surface area contributed by atoms with Crippen molar-refractivity contribution in [3.05, 3.63) is 41.2 Å². The maximum absolute atomic E-state index is 11.0. The van der Waals surface area contributed by atoms with E-state index in [-0.39, 0.29) is 5.41 Å². The Labute approximate surface area is 146 Å². The van der Waals surface area contributed by atoms with Gasteiger partial charge in [0.25, 0.3) is 0 Å². The first-order valence-electron chi connectivity index (χ1n) is 8.82. The SMILES string of the molecule is CCCc1c2c3ccccc3nc-2c2c(n1O)CC(C)(C)CC2=NO. The molecule has 3 aliphatic rings. The van der Waals surface area contributed by atoms with Gasteiger partial charge in [-0.05, 0) is 30.7 Å². The molecule has 5 nitrogen and oxygen atoms in total. The zero-order chi connectivity index (χ0) is 17.8. The van der Waals surface area contributed by atoms with Crippen molar-refractivity contribution in [2.24, 2.45) is 10.6 Å². The first-order chi connectivity index (χ1) is 12.0. The van der Waals surface area contributed by atoms with E-state index >= 15 is 0 Å². The Bertz CT molecular complexity index is 969. The second-order valence-corrected chi connectivity index (χ2v) is 7.75. The third kappa shape index (κ3) is 2.29. The molecule has 25 heavy (non-hydrogen) atoms. The maximum atomic E-state index is 11.0. The van der Waals surface area contributed by atoms with E-state index < -0.39 is 0 Å². The van der Waals surface area contributed by atoms with Crippen LogP contribution >= 0.6 is 0 Å². The van der Waals surface area contributed by atoms with E-state index in [4.69, 9.17) is 4.98 Å². The largest absolute Gasteiger partial charge is 0.428 e. The highest BCUT2D eigenvalue weighted by Crippen LogP contribution is 2.44. The molecule has 130 valence electrons. The summed E-state index contributed by atoms with van der Waals surface area (Å²) in [7, 11) is 0. The maximum Gasteiger partial charge on any atom is 0.0914 e. The molecule has 1 aromatic carbocycles. The van der Waals surface area contributed by atoms with Crippen molar-refractivity contribution in [2.75, 3.05) is 0 Å². The van der Waals surface area contributed by atoms with Crippen LogP contribution in [0.25, 0.3) is 22.2 Å². The molecule has 4 rings (SSSR count). The number of fused-ring (bicyclic) bond motifs is 5. The number of oxime groups is 1. The summed E-state index contributed by atoms with van der Waals surface area (Å²) in [5.74, 6) is 0. The molecular formula is C20H23N3O2. The molecule has 0 bridgehead atoms. The van der Waals surface area contributed by atoms with E-state index in [2.05, 4.69) is 25.9 Å². The van der Waals surface area contributed by atoms with Gasteiger partial charge in [-0.15, -0.1) is 0 Å². The monoisotopic (exact) mass is 337 g/mol. The van der Waals surface area contributed by atoms with Crippen molar-refractivity contribution in [3.8, 4) is 11.3 Å². The number of nitrogens with zero attached hydrogens (tertiary/aromatic N) is 3. The Morgan fingerprint density at radius 1 is 1.20 bits per heavy atom. The van der Waals surface area contributed by atoms with Crippen LogP contribution in [0.1, 0.15) is 50.6 Å². The summed E-state index contributed by atoms with van der Waals surface area (Å²) in [4.78, 5) is 4.84. The lowest BCUT2D eigenvalue weighted by molar-refractivity contribution is 0.155. The highest BCUT2D eigenvalue weighted by molar-refractivity contribution is 6.12. The van der Waals surface area contributed by atoms with Crippen LogP contribution in [0.3, 0.4) is 0 Å². The summed E-state index contributed by atoms with van der Waals surface area (Å²) in [6.45, 7) is 6.36. The molecule has 2 heterocycles. The molecule has 0 amide bonds. The first-order valence-corrected chi connectivity index (χ1v) is 8.82. The molecule has 0 radical (unpaired) electrons.